The molecule has 3 heterocycles. The molecular weight excluding hydrogens is 536 g/mol. The third kappa shape index (κ3) is 4.48. The number of pyridine rings is 1. The van der Waals surface area contributed by atoms with E-state index in [4.69, 9.17) is 17.3 Å². The Morgan fingerprint density at radius 1 is 1.08 bits per heavy atom. The van der Waals surface area contributed by atoms with Gasteiger partial charge in [-0.25, -0.2) is 4.98 Å². The van der Waals surface area contributed by atoms with Gasteiger partial charge >= 0.3 is 12.4 Å². The number of primary amides is 1. The van der Waals surface area contributed by atoms with Crippen molar-refractivity contribution in [3.05, 3.63) is 63.4 Å². The maximum atomic E-state index is 13.6. The maximum Gasteiger partial charge on any atom is 0.436 e. The van der Waals surface area contributed by atoms with E-state index in [1.165, 1.54) is 12.1 Å². The van der Waals surface area contributed by atoms with Crippen LogP contribution in [0.25, 0.3) is 21.3 Å². The molecule has 0 saturated heterocycles. The van der Waals surface area contributed by atoms with Crippen molar-refractivity contribution in [2.45, 2.75) is 12.4 Å². The van der Waals surface area contributed by atoms with E-state index in [-0.39, 0.29) is 31.9 Å². The third-order valence-corrected chi connectivity index (χ3v) is 6.43. The first-order valence-electron chi connectivity index (χ1n) is 9.71. The summed E-state index contributed by atoms with van der Waals surface area (Å²) < 4.78 is 80.8. The second-order valence-electron chi connectivity index (χ2n) is 7.36. The molecule has 0 fully saturated rings. The first-order valence-corrected chi connectivity index (χ1v) is 10.9. The number of anilines is 1. The lowest BCUT2D eigenvalue weighted by molar-refractivity contribution is -0.141. The number of aromatic nitrogens is 3. The van der Waals surface area contributed by atoms with Crippen LogP contribution in [0.5, 0.6) is 0 Å². The van der Waals surface area contributed by atoms with Crippen molar-refractivity contribution in [1.82, 2.24) is 14.8 Å². The molecule has 3 N–H and O–H groups in total. The summed E-state index contributed by atoms with van der Waals surface area (Å²) in [6.45, 7) is 0. The summed E-state index contributed by atoms with van der Waals surface area (Å²) in [6, 6.07) is 8.47. The molecule has 0 aliphatic heterocycles. The summed E-state index contributed by atoms with van der Waals surface area (Å²) in [5.41, 5.74) is 1.87. The fourth-order valence-electron chi connectivity index (χ4n) is 3.48. The summed E-state index contributed by atoms with van der Waals surface area (Å²) in [7, 11) is 1.04. The van der Waals surface area contributed by atoms with Gasteiger partial charge in [-0.3, -0.25) is 14.3 Å². The van der Waals surface area contributed by atoms with Crippen LogP contribution < -0.4 is 11.1 Å². The van der Waals surface area contributed by atoms with Gasteiger partial charge in [0, 0.05) is 12.4 Å². The van der Waals surface area contributed by atoms with Gasteiger partial charge in [0.15, 0.2) is 5.69 Å². The SMILES string of the molecule is Cn1nc(C(F)(F)F)c(Cl)c1C(=O)Nc1c(C(N)=O)sc2nc(C(F)(F)F)cc(-c3ccccc3)c12. The number of benzene rings is 1. The van der Waals surface area contributed by atoms with Gasteiger partial charge in [-0.05, 0) is 17.2 Å². The zero-order chi connectivity index (χ0) is 26.6. The normalized spacial score (nSPS) is 12.2. The van der Waals surface area contributed by atoms with Gasteiger partial charge in [0.25, 0.3) is 11.8 Å². The topological polar surface area (TPSA) is 103 Å². The van der Waals surface area contributed by atoms with Crippen molar-refractivity contribution in [2.24, 2.45) is 12.8 Å². The molecule has 4 aromatic rings. The molecule has 0 unspecified atom stereocenters. The Bertz CT molecular complexity index is 1510. The molecule has 7 nitrogen and oxygen atoms in total. The number of nitrogens with zero attached hydrogens (tertiary/aromatic N) is 3. The third-order valence-electron chi connectivity index (χ3n) is 4.97. The number of alkyl halides is 6. The average Bonchev–Trinajstić information content (AvgIpc) is 3.30. The molecule has 36 heavy (non-hydrogen) atoms. The summed E-state index contributed by atoms with van der Waals surface area (Å²) in [4.78, 5) is 28.1. The Balaban J connectivity index is 1.96. The molecule has 0 aliphatic carbocycles. The second-order valence-corrected chi connectivity index (χ2v) is 8.73. The number of hydrogen-bond donors (Lipinski definition) is 2. The molecular formula is C21H12ClF6N5O2S. The smallest absolute Gasteiger partial charge is 0.365 e. The van der Waals surface area contributed by atoms with Crippen molar-refractivity contribution in [1.29, 1.82) is 0 Å². The highest BCUT2D eigenvalue weighted by atomic mass is 35.5. The standard InChI is InChI=1S/C21H12ClF6N5O2S/c1-33-14(12(22)16(32-33)21(26,27)28)18(35)31-13-11-9(8-5-3-2-4-6-8)7-10(20(23,24)25)30-19(11)36-15(13)17(29)34/h2-7H,1H3,(H2,29,34)(H,31,35). The maximum absolute atomic E-state index is 13.6. The summed E-state index contributed by atoms with van der Waals surface area (Å²) in [5, 5.41) is 4.45. The van der Waals surface area contributed by atoms with Crippen LogP contribution in [0.15, 0.2) is 36.4 Å². The largest absolute Gasteiger partial charge is 0.436 e. The number of carbonyl (C=O) groups is 2. The lowest BCUT2D eigenvalue weighted by atomic mass is 10.0. The van der Waals surface area contributed by atoms with Crippen LogP contribution in [0.2, 0.25) is 5.02 Å². The van der Waals surface area contributed by atoms with Crippen LogP contribution in [0.1, 0.15) is 31.5 Å². The molecule has 3 aromatic heterocycles. The number of fused-ring (bicyclic) bond motifs is 1. The Morgan fingerprint density at radius 3 is 2.25 bits per heavy atom. The number of amides is 2. The van der Waals surface area contributed by atoms with Crippen molar-refractivity contribution in [3.8, 4) is 11.1 Å². The van der Waals surface area contributed by atoms with E-state index in [0.717, 1.165) is 13.1 Å². The van der Waals surface area contributed by atoms with Crippen molar-refractivity contribution in [3.63, 3.8) is 0 Å². The Kier molecular flexibility index (Phi) is 6.21. The molecule has 0 radical (unpaired) electrons. The summed E-state index contributed by atoms with van der Waals surface area (Å²) in [6.07, 6.45) is -9.80. The molecule has 0 bridgehead atoms. The van der Waals surface area contributed by atoms with Gasteiger partial charge in [-0.15, -0.1) is 11.3 Å². The highest BCUT2D eigenvalue weighted by Gasteiger charge is 2.40. The first kappa shape index (κ1) is 25.4. The number of thiophene rings is 1. The van der Waals surface area contributed by atoms with E-state index >= 15 is 0 Å². The van der Waals surface area contributed by atoms with Gasteiger partial charge in [-0.1, -0.05) is 41.9 Å². The lowest BCUT2D eigenvalue weighted by Crippen LogP contribution is -2.19. The first-order chi connectivity index (χ1) is 16.7. The highest BCUT2D eigenvalue weighted by molar-refractivity contribution is 7.21. The van der Waals surface area contributed by atoms with Crippen molar-refractivity contribution >= 4 is 50.7 Å². The second kappa shape index (κ2) is 8.78. The summed E-state index contributed by atoms with van der Waals surface area (Å²) >= 11 is 6.27. The van der Waals surface area contributed by atoms with Crippen LogP contribution in [-0.4, -0.2) is 26.6 Å². The minimum atomic E-state index is -4.96. The predicted octanol–water partition coefficient (Wildman–Crippen LogP) is 5.74. The predicted molar refractivity (Wildman–Crippen MR) is 120 cm³/mol. The highest BCUT2D eigenvalue weighted by Crippen LogP contribution is 2.44. The fourth-order valence-corrected chi connectivity index (χ4v) is 4.84. The Labute approximate surface area is 206 Å². The monoisotopic (exact) mass is 547 g/mol. The Morgan fingerprint density at radius 2 is 1.72 bits per heavy atom. The number of nitrogens with two attached hydrogens (primary N) is 1. The van der Waals surface area contributed by atoms with Crippen molar-refractivity contribution in [2.75, 3.05) is 5.32 Å². The molecule has 188 valence electrons. The van der Waals surface area contributed by atoms with Crippen LogP contribution in [0.3, 0.4) is 0 Å². The van der Waals surface area contributed by atoms with Gasteiger partial charge in [0.1, 0.15) is 26.1 Å². The van der Waals surface area contributed by atoms with Crippen LogP contribution >= 0.6 is 22.9 Å². The quantitative estimate of drug-likeness (QED) is 0.318. The Hall–Kier alpha value is -3.65. The van der Waals surface area contributed by atoms with E-state index in [1.807, 2.05) is 0 Å². The van der Waals surface area contributed by atoms with Crippen LogP contribution in [-0.2, 0) is 19.4 Å². The fraction of sp³-hybridized carbons (Fsp3) is 0.143. The molecule has 1 aromatic carbocycles. The number of carbonyl (C=O) groups excluding carboxylic acids is 2. The molecule has 0 atom stereocenters. The minimum Gasteiger partial charge on any atom is -0.365 e. The number of rotatable bonds is 4. The van der Waals surface area contributed by atoms with Gasteiger partial charge in [0.05, 0.1) is 5.69 Å². The van der Waals surface area contributed by atoms with E-state index in [0.29, 0.717) is 16.0 Å². The van der Waals surface area contributed by atoms with Gasteiger partial charge in [0.2, 0.25) is 0 Å². The van der Waals surface area contributed by atoms with E-state index in [9.17, 15) is 35.9 Å². The number of aryl methyl sites for hydroxylation is 1. The zero-order valence-corrected chi connectivity index (χ0v) is 19.3. The van der Waals surface area contributed by atoms with E-state index in [1.54, 1.807) is 18.2 Å². The number of hydrogen-bond acceptors (Lipinski definition) is 5. The van der Waals surface area contributed by atoms with E-state index < -0.39 is 46.3 Å². The van der Waals surface area contributed by atoms with Crippen molar-refractivity contribution < 1.29 is 35.9 Å². The van der Waals surface area contributed by atoms with Gasteiger partial charge in [-0.2, -0.15) is 31.4 Å². The molecule has 0 spiro atoms. The zero-order valence-electron chi connectivity index (χ0n) is 17.8. The van der Waals surface area contributed by atoms with Crippen LogP contribution in [0, 0.1) is 0 Å². The minimum absolute atomic E-state index is 0.0425. The van der Waals surface area contributed by atoms with Crippen LogP contribution in [0.4, 0.5) is 32.0 Å². The molecule has 15 heteroatoms. The van der Waals surface area contributed by atoms with Gasteiger partial charge < -0.3 is 11.1 Å². The van der Waals surface area contributed by atoms with E-state index in [2.05, 4.69) is 15.4 Å². The lowest BCUT2D eigenvalue weighted by Gasteiger charge is -2.12. The molecule has 4 rings (SSSR count). The molecule has 0 aliphatic rings. The average molecular weight is 548 g/mol. The number of halogens is 7. The molecule has 0 saturated carbocycles. The molecule has 2 amide bonds. The summed E-state index contributed by atoms with van der Waals surface area (Å²) in [5.74, 6) is -2.31. The number of nitrogens with one attached hydrogen (secondary N) is 1.